The third kappa shape index (κ3) is 5.52. The second-order valence-corrected chi connectivity index (χ2v) is 6.80. The Morgan fingerprint density at radius 3 is 2.61 bits per heavy atom. The number of anilines is 1. The summed E-state index contributed by atoms with van der Waals surface area (Å²) in [6, 6.07) is 14.1. The van der Waals surface area contributed by atoms with Crippen LogP contribution in [0, 0.1) is 13.8 Å². The number of para-hydroxylation sites is 1. The number of thiocarbonyl (C=S) groups is 1. The van der Waals surface area contributed by atoms with Gasteiger partial charge in [0.05, 0.1) is 6.04 Å². The molecule has 1 atom stereocenters. The first-order chi connectivity index (χ1) is 11.0. The number of aryl methyl sites for hydroxylation is 2. The molecule has 0 radical (unpaired) electrons. The van der Waals surface area contributed by atoms with Crippen LogP contribution < -0.4 is 15.4 Å². The van der Waals surface area contributed by atoms with Crippen molar-refractivity contribution in [2.75, 3.05) is 11.9 Å². The fourth-order valence-corrected chi connectivity index (χ4v) is 2.65. The zero-order valence-electron chi connectivity index (χ0n) is 13.5. The highest BCUT2D eigenvalue weighted by atomic mass is 79.9. The van der Waals surface area contributed by atoms with Gasteiger partial charge in [0.1, 0.15) is 12.4 Å². The van der Waals surface area contributed by atoms with Gasteiger partial charge in [-0.25, -0.2) is 0 Å². The minimum Gasteiger partial charge on any atom is -0.491 e. The zero-order valence-corrected chi connectivity index (χ0v) is 15.9. The Balaban J connectivity index is 1.82. The first kappa shape index (κ1) is 17.8. The van der Waals surface area contributed by atoms with E-state index in [1.54, 1.807) is 0 Å². The fourth-order valence-electron chi connectivity index (χ4n) is 2.09. The molecule has 2 rings (SSSR count). The Bertz CT molecular complexity index is 690. The molecule has 0 aromatic heterocycles. The molecule has 5 heteroatoms. The van der Waals surface area contributed by atoms with Crippen molar-refractivity contribution in [3.63, 3.8) is 0 Å². The molecule has 2 N–H and O–H groups in total. The van der Waals surface area contributed by atoms with E-state index < -0.39 is 0 Å². The van der Waals surface area contributed by atoms with Crippen LogP contribution in [0.4, 0.5) is 5.69 Å². The number of benzene rings is 2. The zero-order chi connectivity index (χ0) is 16.8. The standard InChI is InChI=1S/C18H21BrN2OS/c1-12-6-4-5-7-17(12)22-11-14(3)20-18(23)21-15-8-9-16(19)13(2)10-15/h4-10,14H,11H2,1-3H3,(H2,20,21,23)/t14-/m0/s1. The van der Waals surface area contributed by atoms with E-state index in [9.17, 15) is 0 Å². The molecule has 0 aliphatic heterocycles. The second kappa shape index (κ2) is 8.31. The van der Waals surface area contributed by atoms with Crippen LogP contribution in [0.1, 0.15) is 18.1 Å². The minimum absolute atomic E-state index is 0.103. The van der Waals surface area contributed by atoms with E-state index in [2.05, 4.69) is 26.6 Å². The first-order valence-electron chi connectivity index (χ1n) is 7.48. The maximum atomic E-state index is 5.83. The summed E-state index contributed by atoms with van der Waals surface area (Å²) in [6.45, 7) is 6.67. The lowest BCUT2D eigenvalue weighted by atomic mass is 10.2. The second-order valence-electron chi connectivity index (χ2n) is 5.54. The summed E-state index contributed by atoms with van der Waals surface area (Å²) in [4.78, 5) is 0. The van der Waals surface area contributed by atoms with Crippen LogP contribution in [0.15, 0.2) is 46.9 Å². The predicted octanol–water partition coefficient (Wildman–Crippen LogP) is 4.82. The van der Waals surface area contributed by atoms with Crippen LogP contribution in [0.25, 0.3) is 0 Å². The Morgan fingerprint density at radius 1 is 1.17 bits per heavy atom. The third-order valence-corrected chi connectivity index (χ3v) is 4.49. The largest absolute Gasteiger partial charge is 0.491 e. The molecular weight excluding hydrogens is 372 g/mol. The molecule has 0 fully saturated rings. The van der Waals surface area contributed by atoms with E-state index >= 15 is 0 Å². The number of hydrogen-bond acceptors (Lipinski definition) is 2. The lowest BCUT2D eigenvalue weighted by Crippen LogP contribution is -2.39. The van der Waals surface area contributed by atoms with Crippen LogP contribution >= 0.6 is 28.1 Å². The minimum atomic E-state index is 0.103. The average molecular weight is 393 g/mol. The van der Waals surface area contributed by atoms with Gasteiger partial charge < -0.3 is 15.4 Å². The van der Waals surface area contributed by atoms with Gasteiger partial charge in [0.2, 0.25) is 0 Å². The summed E-state index contributed by atoms with van der Waals surface area (Å²) < 4.78 is 6.91. The van der Waals surface area contributed by atoms with Gasteiger partial charge in [-0.3, -0.25) is 0 Å². The Labute approximate surface area is 151 Å². The highest BCUT2D eigenvalue weighted by Crippen LogP contribution is 2.20. The van der Waals surface area contributed by atoms with E-state index in [0.717, 1.165) is 27.0 Å². The molecule has 23 heavy (non-hydrogen) atoms. The molecule has 0 heterocycles. The number of rotatable bonds is 5. The summed E-state index contributed by atoms with van der Waals surface area (Å²) in [5.74, 6) is 0.906. The van der Waals surface area contributed by atoms with Crippen molar-refractivity contribution < 1.29 is 4.74 Å². The van der Waals surface area contributed by atoms with E-state index in [4.69, 9.17) is 17.0 Å². The normalized spacial score (nSPS) is 11.7. The predicted molar refractivity (Wildman–Crippen MR) is 104 cm³/mol. The Kier molecular flexibility index (Phi) is 6.42. The molecule has 0 unspecified atom stereocenters. The van der Waals surface area contributed by atoms with Crippen LogP contribution in [-0.4, -0.2) is 17.8 Å². The Hall–Kier alpha value is -1.59. The summed E-state index contributed by atoms with van der Waals surface area (Å²) in [5.41, 5.74) is 3.26. The Morgan fingerprint density at radius 2 is 1.91 bits per heavy atom. The highest BCUT2D eigenvalue weighted by molar-refractivity contribution is 9.10. The summed E-state index contributed by atoms with van der Waals surface area (Å²) >= 11 is 8.85. The van der Waals surface area contributed by atoms with Crippen molar-refractivity contribution in [2.45, 2.75) is 26.8 Å². The van der Waals surface area contributed by atoms with Gasteiger partial charge in [-0.05, 0) is 68.4 Å². The van der Waals surface area contributed by atoms with Crippen LogP contribution in [0.2, 0.25) is 0 Å². The van der Waals surface area contributed by atoms with Crippen molar-refractivity contribution >= 4 is 38.9 Å². The van der Waals surface area contributed by atoms with Gasteiger partial charge in [-0.1, -0.05) is 34.1 Å². The van der Waals surface area contributed by atoms with E-state index in [1.165, 1.54) is 0 Å². The number of ether oxygens (including phenoxy) is 1. The number of nitrogens with one attached hydrogen (secondary N) is 2. The monoisotopic (exact) mass is 392 g/mol. The fraction of sp³-hybridized carbons (Fsp3) is 0.278. The summed E-state index contributed by atoms with van der Waals surface area (Å²) in [5, 5.41) is 7.02. The number of hydrogen-bond donors (Lipinski definition) is 2. The molecule has 0 spiro atoms. The van der Waals surface area contributed by atoms with Gasteiger partial charge in [0.15, 0.2) is 5.11 Å². The van der Waals surface area contributed by atoms with Crippen molar-refractivity contribution in [1.82, 2.24) is 5.32 Å². The SMILES string of the molecule is Cc1cc(NC(=S)N[C@@H](C)COc2ccccc2C)ccc1Br. The van der Waals surface area contributed by atoms with Gasteiger partial charge in [0.25, 0.3) is 0 Å². The van der Waals surface area contributed by atoms with Crippen LogP contribution in [0.3, 0.4) is 0 Å². The van der Waals surface area contributed by atoms with Gasteiger partial charge in [0, 0.05) is 10.2 Å². The lowest BCUT2D eigenvalue weighted by molar-refractivity contribution is 0.285. The summed E-state index contributed by atoms with van der Waals surface area (Å²) in [6.07, 6.45) is 0. The third-order valence-electron chi connectivity index (χ3n) is 3.38. The smallest absolute Gasteiger partial charge is 0.171 e. The van der Waals surface area contributed by atoms with Crippen molar-refractivity contribution in [1.29, 1.82) is 0 Å². The van der Waals surface area contributed by atoms with Crippen molar-refractivity contribution in [3.05, 3.63) is 58.1 Å². The maximum Gasteiger partial charge on any atom is 0.171 e. The maximum absolute atomic E-state index is 5.83. The molecular formula is C18H21BrN2OS. The van der Waals surface area contributed by atoms with E-state index in [-0.39, 0.29) is 6.04 Å². The number of halogens is 1. The molecule has 2 aromatic carbocycles. The topological polar surface area (TPSA) is 33.3 Å². The quantitative estimate of drug-likeness (QED) is 0.714. The van der Waals surface area contributed by atoms with E-state index in [0.29, 0.717) is 11.7 Å². The van der Waals surface area contributed by atoms with E-state index in [1.807, 2.05) is 63.2 Å². The van der Waals surface area contributed by atoms with Gasteiger partial charge in [-0.2, -0.15) is 0 Å². The van der Waals surface area contributed by atoms with Crippen molar-refractivity contribution in [3.8, 4) is 5.75 Å². The lowest BCUT2D eigenvalue weighted by Gasteiger charge is -2.18. The van der Waals surface area contributed by atoms with Crippen LogP contribution in [0.5, 0.6) is 5.75 Å². The molecule has 2 aromatic rings. The molecule has 0 amide bonds. The highest BCUT2D eigenvalue weighted by Gasteiger charge is 2.07. The molecule has 3 nitrogen and oxygen atoms in total. The van der Waals surface area contributed by atoms with Gasteiger partial charge >= 0.3 is 0 Å². The molecule has 0 aliphatic carbocycles. The first-order valence-corrected chi connectivity index (χ1v) is 8.68. The van der Waals surface area contributed by atoms with Crippen molar-refractivity contribution in [2.24, 2.45) is 0 Å². The molecule has 0 saturated heterocycles. The summed E-state index contributed by atoms with van der Waals surface area (Å²) in [7, 11) is 0. The average Bonchev–Trinajstić information content (AvgIpc) is 2.50. The van der Waals surface area contributed by atoms with Gasteiger partial charge in [-0.15, -0.1) is 0 Å². The molecule has 0 saturated carbocycles. The molecule has 0 bridgehead atoms. The molecule has 0 aliphatic rings. The van der Waals surface area contributed by atoms with Crippen LogP contribution in [-0.2, 0) is 0 Å². The molecule has 122 valence electrons.